The highest BCUT2D eigenvalue weighted by Crippen LogP contribution is 2.25. The molecule has 122 valence electrons. The van der Waals surface area contributed by atoms with Crippen molar-refractivity contribution in [2.24, 2.45) is 0 Å². The summed E-state index contributed by atoms with van der Waals surface area (Å²) in [5.74, 6) is 1.70. The number of piperazine rings is 1. The van der Waals surface area contributed by atoms with Crippen LogP contribution in [0.15, 0.2) is 18.2 Å². The third-order valence-electron chi connectivity index (χ3n) is 3.87. The van der Waals surface area contributed by atoms with Crippen molar-refractivity contribution in [3.63, 3.8) is 0 Å². The van der Waals surface area contributed by atoms with Crippen LogP contribution < -0.4 is 14.8 Å². The first-order valence-electron chi connectivity index (χ1n) is 7.64. The summed E-state index contributed by atoms with van der Waals surface area (Å²) < 4.78 is 10.7. The standard InChI is InChI=1S/C16H25N3O3/c1-4-17-16(20)19-9-7-18(8-10-19)12-13-11-14(21-2)5-6-15(13)22-3/h5-6,11H,4,7-10,12H2,1-3H3,(H,17,20). The van der Waals surface area contributed by atoms with Crippen molar-refractivity contribution in [1.82, 2.24) is 15.1 Å². The van der Waals surface area contributed by atoms with E-state index >= 15 is 0 Å². The number of urea groups is 1. The molecule has 0 atom stereocenters. The number of nitrogens with one attached hydrogen (secondary N) is 1. The van der Waals surface area contributed by atoms with E-state index in [4.69, 9.17) is 9.47 Å². The van der Waals surface area contributed by atoms with Gasteiger partial charge in [0.15, 0.2) is 0 Å². The summed E-state index contributed by atoms with van der Waals surface area (Å²) in [6, 6.07) is 5.87. The average Bonchev–Trinajstić information content (AvgIpc) is 2.55. The molecule has 6 heteroatoms. The minimum absolute atomic E-state index is 0.0288. The van der Waals surface area contributed by atoms with E-state index in [2.05, 4.69) is 10.2 Å². The van der Waals surface area contributed by atoms with Crippen LogP contribution in [0.4, 0.5) is 4.79 Å². The second-order valence-electron chi connectivity index (χ2n) is 5.28. The van der Waals surface area contributed by atoms with Gasteiger partial charge in [-0.05, 0) is 25.1 Å². The molecular weight excluding hydrogens is 282 g/mol. The lowest BCUT2D eigenvalue weighted by Crippen LogP contribution is -2.51. The third-order valence-corrected chi connectivity index (χ3v) is 3.87. The van der Waals surface area contributed by atoms with Crippen molar-refractivity contribution in [2.75, 3.05) is 46.9 Å². The van der Waals surface area contributed by atoms with Crippen LogP contribution in [-0.4, -0.2) is 62.8 Å². The first kappa shape index (κ1) is 16.4. The Kier molecular flexibility index (Phi) is 5.89. The smallest absolute Gasteiger partial charge is 0.317 e. The minimum atomic E-state index is 0.0288. The molecule has 0 spiro atoms. The SMILES string of the molecule is CCNC(=O)N1CCN(Cc2cc(OC)ccc2OC)CC1. The molecule has 1 aliphatic rings. The lowest BCUT2D eigenvalue weighted by Gasteiger charge is -2.34. The van der Waals surface area contributed by atoms with Gasteiger partial charge < -0.3 is 19.7 Å². The molecule has 1 heterocycles. The maximum absolute atomic E-state index is 11.8. The van der Waals surface area contributed by atoms with Crippen LogP contribution in [0.3, 0.4) is 0 Å². The summed E-state index contributed by atoms with van der Waals surface area (Å²) in [6.07, 6.45) is 0. The van der Waals surface area contributed by atoms with E-state index in [9.17, 15) is 4.79 Å². The van der Waals surface area contributed by atoms with Gasteiger partial charge in [-0.1, -0.05) is 0 Å². The molecule has 22 heavy (non-hydrogen) atoms. The molecule has 1 aliphatic heterocycles. The van der Waals surface area contributed by atoms with Gasteiger partial charge in [0.05, 0.1) is 14.2 Å². The van der Waals surface area contributed by atoms with Crippen LogP contribution >= 0.6 is 0 Å². The molecule has 0 bridgehead atoms. The fourth-order valence-corrected chi connectivity index (χ4v) is 2.62. The number of hydrogen-bond acceptors (Lipinski definition) is 4. The van der Waals surface area contributed by atoms with Crippen LogP contribution in [0, 0.1) is 0 Å². The molecule has 0 radical (unpaired) electrons. The summed E-state index contributed by atoms with van der Waals surface area (Å²) in [4.78, 5) is 16.0. The van der Waals surface area contributed by atoms with Crippen LogP contribution in [-0.2, 0) is 6.54 Å². The van der Waals surface area contributed by atoms with Gasteiger partial charge in [-0.15, -0.1) is 0 Å². The van der Waals surface area contributed by atoms with Gasteiger partial charge in [0, 0.05) is 44.8 Å². The Balaban J connectivity index is 1.94. The zero-order valence-corrected chi connectivity index (χ0v) is 13.6. The molecule has 0 aromatic heterocycles. The number of nitrogens with zero attached hydrogens (tertiary/aromatic N) is 2. The van der Waals surface area contributed by atoms with E-state index in [1.807, 2.05) is 30.0 Å². The highest BCUT2D eigenvalue weighted by Gasteiger charge is 2.21. The van der Waals surface area contributed by atoms with Gasteiger partial charge in [0.2, 0.25) is 0 Å². The Bertz CT molecular complexity index is 499. The second kappa shape index (κ2) is 7.89. The Labute approximate surface area is 132 Å². The highest BCUT2D eigenvalue weighted by atomic mass is 16.5. The monoisotopic (exact) mass is 307 g/mol. The molecule has 1 fully saturated rings. The van der Waals surface area contributed by atoms with Crippen LogP contribution in [0.1, 0.15) is 12.5 Å². The van der Waals surface area contributed by atoms with Crippen molar-refractivity contribution in [1.29, 1.82) is 0 Å². The number of amides is 2. The fraction of sp³-hybridized carbons (Fsp3) is 0.562. The Morgan fingerprint density at radius 1 is 1.18 bits per heavy atom. The predicted octanol–water partition coefficient (Wildman–Crippen LogP) is 1.55. The number of rotatable bonds is 5. The van der Waals surface area contributed by atoms with Crippen molar-refractivity contribution in [3.05, 3.63) is 23.8 Å². The van der Waals surface area contributed by atoms with Crippen LogP contribution in [0.2, 0.25) is 0 Å². The van der Waals surface area contributed by atoms with Gasteiger partial charge in [0.1, 0.15) is 11.5 Å². The van der Waals surface area contributed by atoms with Crippen molar-refractivity contribution >= 4 is 6.03 Å². The van der Waals surface area contributed by atoms with Gasteiger partial charge in [-0.3, -0.25) is 4.90 Å². The molecular formula is C16H25N3O3. The highest BCUT2D eigenvalue weighted by molar-refractivity contribution is 5.74. The Morgan fingerprint density at radius 2 is 1.91 bits per heavy atom. The van der Waals surface area contributed by atoms with Gasteiger partial charge >= 0.3 is 6.03 Å². The number of carbonyl (C=O) groups is 1. The molecule has 0 unspecified atom stereocenters. The van der Waals surface area contributed by atoms with E-state index in [1.165, 1.54) is 0 Å². The molecule has 2 rings (SSSR count). The first-order valence-corrected chi connectivity index (χ1v) is 7.64. The molecule has 6 nitrogen and oxygen atoms in total. The normalized spacial score (nSPS) is 15.5. The number of benzene rings is 1. The molecule has 2 amide bonds. The zero-order valence-electron chi connectivity index (χ0n) is 13.6. The van der Waals surface area contributed by atoms with Gasteiger partial charge in [-0.25, -0.2) is 4.79 Å². The lowest BCUT2D eigenvalue weighted by molar-refractivity contribution is 0.135. The van der Waals surface area contributed by atoms with E-state index in [0.717, 1.165) is 49.8 Å². The summed E-state index contributed by atoms with van der Waals surface area (Å²) in [5.41, 5.74) is 1.10. The number of carbonyl (C=O) groups excluding carboxylic acids is 1. The van der Waals surface area contributed by atoms with Crippen molar-refractivity contribution in [3.8, 4) is 11.5 Å². The van der Waals surface area contributed by atoms with Crippen LogP contribution in [0.5, 0.6) is 11.5 Å². The largest absolute Gasteiger partial charge is 0.497 e. The predicted molar refractivity (Wildman–Crippen MR) is 85.5 cm³/mol. The average molecular weight is 307 g/mol. The Morgan fingerprint density at radius 3 is 2.50 bits per heavy atom. The van der Waals surface area contributed by atoms with Gasteiger partial charge in [-0.2, -0.15) is 0 Å². The molecule has 0 aliphatic carbocycles. The van der Waals surface area contributed by atoms with E-state index < -0.39 is 0 Å². The lowest BCUT2D eigenvalue weighted by atomic mass is 10.1. The van der Waals surface area contributed by atoms with Crippen molar-refractivity contribution in [2.45, 2.75) is 13.5 Å². The molecule has 1 aromatic carbocycles. The minimum Gasteiger partial charge on any atom is -0.497 e. The maximum Gasteiger partial charge on any atom is 0.317 e. The second-order valence-corrected chi connectivity index (χ2v) is 5.28. The van der Waals surface area contributed by atoms with Crippen LogP contribution in [0.25, 0.3) is 0 Å². The fourth-order valence-electron chi connectivity index (χ4n) is 2.62. The third kappa shape index (κ3) is 4.04. The molecule has 1 saturated heterocycles. The summed E-state index contributed by atoms with van der Waals surface area (Å²) >= 11 is 0. The summed E-state index contributed by atoms with van der Waals surface area (Å²) in [5, 5.41) is 2.85. The van der Waals surface area contributed by atoms with Crippen molar-refractivity contribution < 1.29 is 14.3 Å². The van der Waals surface area contributed by atoms with E-state index in [0.29, 0.717) is 6.54 Å². The quantitative estimate of drug-likeness (QED) is 0.897. The van der Waals surface area contributed by atoms with E-state index in [-0.39, 0.29) is 6.03 Å². The number of hydrogen-bond donors (Lipinski definition) is 1. The maximum atomic E-state index is 11.8. The van der Waals surface area contributed by atoms with Gasteiger partial charge in [0.25, 0.3) is 0 Å². The molecule has 0 saturated carbocycles. The molecule has 1 aromatic rings. The molecule has 1 N–H and O–H groups in total. The number of methoxy groups -OCH3 is 2. The first-order chi connectivity index (χ1) is 10.7. The van der Waals surface area contributed by atoms with E-state index in [1.54, 1.807) is 14.2 Å². The topological polar surface area (TPSA) is 54.0 Å². The number of ether oxygens (including phenoxy) is 2. The Hall–Kier alpha value is -1.95. The zero-order chi connectivity index (χ0) is 15.9. The summed E-state index contributed by atoms with van der Waals surface area (Å²) in [7, 11) is 3.34. The summed E-state index contributed by atoms with van der Waals surface area (Å²) in [6.45, 7) is 6.61.